The van der Waals surface area contributed by atoms with E-state index in [1.807, 2.05) is 0 Å². The van der Waals surface area contributed by atoms with E-state index in [4.69, 9.17) is 9.57 Å². The number of hydrogen-bond acceptors (Lipinski definition) is 3. The van der Waals surface area contributed by atoms with E-state index in [-0.39, 0.29) is 11.8 Å². The number of nitrogens with zero attached hydrogens (tertiary/aromatic N) is 1. The maximum atomic E-state index is 11.9. The van der Waals surface area contributed by atoms with Crippen molar-refractivity contribution in [1.29, 1.82) is 0 Å². The SMILES string of the molecule is CON(C)C(=O)C1[C@@H]([C@H]2CCCO2)[C@@H]1C. The molecule has 0 aromatic heterocycles. The summed E-state index contributed by atoms with van der Waals surface area (Å²) in [6.45, 7) is 2.98. The van der Waals surface area contributed by atoms with Gasteiger partial charge in [-0.25, -0.2) is 5.06 Å². The molecule has 2 rings (SSSR count). The molecular weight excluding hydrogens is 194 g/mol. The Kier molecular flexibility index (Phi) is 2.98. The molecule has 0 N–H and O–H groups in total. The maximum Gasteiger partial charge on any atom is 0.249 e. The highest BCUT2D eigenvalue weighted by molar-refractivity contribution is 5.81. The molecule has 15 heavy (non-hydrogen) atoms. The fourth-order valence-corrected chi connectivity index (χ4v) is 2.66. The molecule has 1 aliphatic carbocycles. The first kappa shape index (κ1) is 10.9. The van der Waals surface area contributed by atoms with Gasteiger partial charge in [0.05, 0.1) is 13.2 Å². The zero-order valence-corrected chi connectivity index (χ0v) is 9.60. The van der Waals surface area contributed by atoms with E-state index in [0.717, 1.165) is 19.4 Å². The average Bonchev–Trinajstić information content (AvgIpc) is 2.70. The van der Waals surface area contributed by atoms with E-state index in [9.17, 15) is 4.79 Å². The third-order valence-electron chi connectivity index (χ3n) is 3.71. The Labute approximate surface area is 90.5 Å². The van der Waals surface area contributed by atoms with Crippen molar-refractivity contribution < 1.29 is 14.4 Å². The summed E-state index contributed by atoms with van der Waals surface area (Å²) >= 11 is 0. The summed E-state index contributed by atoms with van der Waals surface area (Å²) in [6, 6.07) is 0. The number of hydroxylamine groups is 2. The zero-order chi connectivity index (χ0) is 11.0. The van der Waals surface area contributed by atoms with Crippen LogP contribution in [0.15, 0.2) is 0 Å². The molecule has 0 radical (unpaired) electrons. The van der Waals surface area contributed by atoms with Crippen LogP contribution in [0.25, 0.3) is 0 Å². The summed E-state index contributed by atoms with van der Waals surface area (Å²) in [6.07, 6.45) is 2.55. The van der Waals surface area contributed by atoms with Gasteiger partial charge < -0.3 is 4.74 Å². The summed E-state index contributed by atoms with van der Waals surface area (Å²) in [4.78, 5) is 16.8. The fraction of sp³-hybridized carbons (Fsp3) is 0.909. The van der Waals surface area contributed by atoms with Crippen LogP contribution in [0.2, 0.25) is 0 Å². The van der Waals surface area contributed by atoms with Crippen LogP contribution >= 0.6 is 0 Å². The number of amides is 1. The first-order valence-electron chi connectivity index (χ1n) is 5.60. The Morgan fingerprint density at radius 1 is 1.53 bits per heavy atom. The quantitative estimate of drug-likeness (QED) is 0.658. The average molecular weight is 213 g/mol. The molecule has 0 bridgehead atoms. The molecule has 1 saturated carbocycles. The first-order valence-corrected chi connectivity index (χ1v) is 5.60. The topological polar surface area (TPSA) is 38.8 Å². The number of carbonyl (C=O) groups is 1. The third-order valence-corrected chi connectivity index (χ3v) is 3.71. The molecule has 86 valence electrons. The largest absolute Gasteiger partial charge is 0.378 e. The molecule has 2 fully saturated rings. The summed E-state index contributed by atoms with van der Waals surface area (Å²) < 4.78 is 5.63. The molecule has 0 aromatic carbocycles. The highest BCUT2D eigenvalue weighted by atomic mass is 16.7. The van der Waals surface area contributed by atoms with Gasteiger partial charge in [-0.1, -0.05) is 6.92 Å². The predicted octanol–water partition coefficient (Wildman–Crippen LogP) is 1.07. The zero-order valence-electron chi connectivity index (χ0n) is 9.60. The Bertz CT molecular complexity index is 250. The second-order valence-corrected chi connectivity index (χ2v) is 4.53. The van der Waals surface area contributed by atoms with E-state index in [0.29, 0.717) is 17.9 Å². The number of carbonyl (C=O) groups excluding carboxylic acids is 1. The fourth-order valence-electron chi connectivity index (χ4n) is 2.66. The van der Waals surface area contributed by atoms with Gasteiger partial charge in [0.1, 0.15) is 0 Å². The highest BCUT2D eigenvalue weighted by Crippen LogP contribution is 2.51. The lowest BCUT2D eigenvalue weighted by molar-refractivity contribution is -0.171. The molecule has 2 aliphatic rings. The molecule has 0 spiro atoms. The van der Waals surface area contributed by atoms with Gasteiger partial charge in [-0.3, -0.25) is 9.63 Å². The minimum atomic E-state index is 0.0884. The number of ether oxygens (including phenoxy) is 1. The van der Waals surface area contributed by atoms with Crippen molar-refractivity contribution in [3.05, 3.63) is 0 Å². The van der Waals surface area contributed by atoms with E-state index < -0.39 is 0 Å². The van der Waals surface area contributed by atoms with Gasteiger partial charge in [0.15, 0.2) is 0 Å². The monoisotopic (exact) mass is 213 g/mol. The number of rotatable bonds is 3. The van der Waals surface area contributed by atoms with Crippen LogP contribution in [0.1, 0.15) is 19.8 Å². The first-order chi connectivity index (χ1) is 7.16. The smallest absolute Gasteiger partial charge is 0.249 e. The molecule has 4 atom stereocenters. The Hall–Kier alpha value is -0.610. The summed E-state index contributed by atoms with van der Waals surface area (Å²) in [7, 11) is 3.19. The molecule has 1 heterocycles. The van der Waals surface area contributed by atoms with Crippen LogP contribution in [0.4, 0.5) is 0 Å². The van der Waals surface area contributed by atoms with Crippen LogP contribution in [-0.4, -0.2) is 37.8 Å². The van der Waals surface area contributed by atoms with Crippen molar-refractivity contribution in [2.45, 2.75) is 25.9 Å². The molecular formula is C11H19NO3. The maximum absolute atomic E-state index is 11.9. The van der Waals surface area contributed by atoms with Crippen LogP contribution in [0, 0.1) is 17.8 Å². The summed E-state index contributed by atoms with van der Waals surface area (Å²) in [5.74, 6) is 1.05. The van der Waals surface area contributed by atoms with E-state index in [1.54, 1.807) is 7.05 Å². The standard InChI is InChI=1S/C11H19NO3/c1-7-9(8-5-4-6-15-8)10(7)11(13)12(2)14-3/h7-10H,4-6H2,1-3H3/t7-,8+,9+,10?/m0/s1. The van der Waals surface area contributed by atoms with Crippen molar-refractivity contribution >= 4 is 5.91 Å². The summed E-state index contributed by atoms with van der Waals surface area (Å²) in [5, 5.41) is 1.33. The molecule has 1 amide bonds. The van der Waals surface area contributed by atoms with Gasteiger partial charge in [0, 0.05) is 25.5 Å². The van der Waals surface area contributed by atoms with Crippen molar-refractivity contribution in [1.82, 2.24) is 5.06 Å². The van der Waals surface area contributed by atoms with Crippen molar-refractivity contribution in [3.63, 3.8) is 0 Å². The van der Waals surface area contributed by atoms with Crippen LogP contribution in [0.5, 0.6) is 0 Å². The van der Waals surface area contributed by atoms with Crippen molar-refractivity contribution in [2.24, 2.45) is 17.8 Å². The van der Waals surface area contributed by atoms with Gasteiger partial charge in [-0.05, 0) is 18.8 Å². The molecule has 1 saturated heterocycles. The predicted molar refractivity (Wildman–Crippen MR) is 54.9 cm³/mol. The van der Waals surface area contributed by atoms with Gasteiger partial charge in [-0.2, -0.15) is 0 Å². The Morgan fingerprint density at radius 3 is 2.80 bits per heavy atom. The van der Waals surface area contributed by atoms with E-state index in [2.05, 4.69) is 6.92 Å². The van der Waals surface area contributed by atoms with Gasteiger partial charge in [0.2, 0.25) is 5.91 Å². The molecule has 1 unspecified atom stereocenters. The lowest BCUT2D eigenvalue weighted by atomic mass is 10.1. The molecule has 4 heteroatoms. The normalized spacial score (nSPS) is 39.1. The van der Waals surface area contributed by atoms with E-state index in [1.165, 1.54) is 12.2 Å². The Morgan fingerprint density at radius 2 is 2.27 bits per heavy atom. The third kappa shape index (κ3) is 1.88. The second-order valence-electron chi connectivity index (χ2n) is 4.53. The lowest BCUT2D eigenvalue weighted by Gasteiger charge is -2.14. The van der Waals surface area contributed by atoms with Gasteiger partial charge in [-0.15, -0.1) is 0 Å². The molecule has 4 nitrogen and oxygen atoms in total. The van der Waals surface area contributed by atoms with Gasteiger partial charge in [0.25, 0.3) is 0 Å². The highest BCUT2D eigenvalue weighted by Gasteiger charge is 2.57. The summed E-state index contributed by atoms with van der Waals surface area (Å²) in [5.41, 5.74) is 0. The number of hydrogen-bond donors (Lipinski definition) is 0. The molecule has 0 aromatic rings. The van der Waals surface area contributed by atoms with Gasteiger partial charge >= 0.3 is 0 Å². The minimum absolute atomic E-state index is 0.0884. The Balaban J connectivity index is 1.92. The lowest BCUT2D eigenvalue weighted by Crippen LogP contribution is -2.28. The van der Waals surface area contributed by atoms with Crippen LogP contribution in [0.3, 0.4) is 0 Å². The van der Waals surface area contributed by atoms with Crippen LogP contribution < -0.4 is 0 Å². The molecule has 1 aliphatic heterocycles. The van der Waals surface area contributed by atoms with E-state index >= 15 is 0 Å². The van der Waals surface area contributed by atoms with Crippen LogP contribution in [-0.2, 0) is 14.4 Å². The minimum Gasteiger partial charge on any atom is -0.378 e. The van der Waals surface area contributed by atoms with Crippen molar-refractivity contribution in [3.8, 4) is 0 Å². The van der Waals surface area contributed by atoms with Crippen molar-refractivity contribution in [2.75, 3.05) is 20.8 Å². The second kappa shape index (κ2) is 4.10.